The molecule has 0 fully saturated rings. The van der Waals surface area contributed by atoms with Gasteiger partial charge in [0.2, 0.25) is 0 Å². The van der Waals surface area contributed by atoms with Gasteiger partial charge in [0.1, 0.15) is 0 Å². The molecule has 0 aliphatic carbocycles. The second-order valence-corrected chi connectivity index (χ2v) is 0.0745. The van der Waals surface area contributed by atoms with Gasteiger partial charge in [-0.05, 0) is 0 Å². The first-order valence-electron chi connectivity index (χ1n) is 0.365. The van der Waals surface area contributed by atoms with Crippen LogP contribution in [0.2, 0.25) is 0 Å². The third-order valence-corrected chi connectivity index (χ3v) is 0. The maximum Gasteiger partial charge on any atom is 2.00 e. The first-order valence-corrected chi connectivity index (χ1v) is 0.365. The van der Waals surface area contributed by atoms with Gasteiger partial charge in [-0.2, -0.15) is 0 Å². The molecule has 0 atom stereocenters. The molecule has 0 amide bonds. The van der Waals surface area contributed by atoms with Crippen LogP contribution >= 0.6 is 0 Å². The van der Waals surface area contributed by atoms with Gasteiger partial charge in [-0.1, -0.05) is 0 Å². The summed E-state index contributed by atoms with van der Waals surface area (Å²) in [4.78, 5) is 8.00. The summed E-state index contributed by atoms with van der Waals surface area (Å²) in [5, 5.41) is 9.00. The van der Waals surface area contributed by atoms with E-state index >= 15 is 0 Å². The summed E-state index contributed by atoms with van der Waals surface area (Å²) < 4.78 is 0. The Morgan fingerprint density at radius 2 is 1.75 bits per heavy atom. The molecule has 0 heterocycles. The molecule has 0 spiro atoms. The van der Waals surface area contributed by atoms with Crippen molar-refractivity contribution >= 4 is 0 Å². The summed E-state index contributed by atoms with van der Waals surface area (Å²) in [5.74, 6) is 0. The van der Waals surface area contributed by atoms with E-state index in [0.29, 0.717) is 0 Å². The number of hydrogen-bond donors (Lipinski definition) is 0. The predicted molar refractivity (Wildman–Crippen MR) is 9.16 cm³/mol. The van der Waals surface area contributed by atoms with Gasteiger partial charge >= 0.3 is 17.1 Å². The van der Waals surface area contributed by atoms with E-state index in [1.54, 1.807) is 0 Å². The fourth-order valence-electron chi connectivity index (χ4n) is 0. The quantitative estimate of drug-likeness (QED) is 0.254. The van der Waals surface area contributed by atoms with Gasteiger partial charge in [-0.25, -0.2) is 0 Å². The molecule has 3 nitrogen and oxygen atoms in total. The van der Waals surface area contributed by atoms with Crippen LogP contribution in [0.25, 0.3) is 0 Å². The van der Waals surface area contributed by atoms with Gasteiger partial charge in [0.25, 0.3) is 0 Å². The maximum atomic E-state index is 8.00. The zero-order valence-electron chi connectivity index (χ0n) is 1.57. The van der Waals surface area contributed by atoms with Crippen LogP contribution in [0.15, 0.2) is 5.34 Å². The molecule has 0 bridgehead atoms. The van der Waals surface area contributed by atoms with Crippen LogP contribution in [-0.2, 0) is 17.1 Å². The topological polar surface area (TPSA) is 52.5 Å². The van der Waals surface area contributed by atoms with Crippen molar-refractivity contribution in [3.63, 3.8) is 0 Å². The van der Waals surface area contributed by atoms with Gasteiger partial charge in [0.05, 0.1) is 0 Å². The molecule has 1 radical (unpaired) electrons. The van der Waals surface area contributed by atoms with Crippen molar-refractivity contribution in [2.24, 2.45) is 5.34 Å². The summed E-state index contributed by atoms with van der Waals surface area (Å²) in [6, 6.07) is 0. The van der Waals surface area contributed by atoms with E-state index in [1.165, 1.54) is 0 Å². The molecule has 0 aliphatic rings. The second-order valence-electron chi connectivity index (χ2n) is 0.0745. The van der Waals surface area contributed by atoms with E-state index in [4.69, 9.17) is 10.1 Å². The Hall–Kier alpha value is -0.0805. The maximum absolute atomic E-state index is 8.00. The van der Waals surface area contributed by atoms with E-state index in [1.807, 2.05) is 0 Å². The van der Waals surface area contributed by atoms with Crippen LogP contribution in [0.1, 0.15) is 0 Å². The van der Waals surface area contributed by atoms with Crippen molar-refractivity contribution in [1.82, 2.24) is 0 Å². The number of nitrogens with zero attached hydrogens (tertiary/aromatic N) is 1. The van der Waals surface area contributed by atoms with Crippen molar-refractivity contribution < 1.29 is 17.1 Å². The van der Waals surface area contributed by atoms with Crippen LogP contribution < -0.4 is 0 Å². The molecule has 0 rings (SSSR count). The Morgan fingerprint density at radius 3 is 1.75 bits per heavy atom. The smallest absolute Gasteiger partial charge is 0.444 e. The Balaban J connectivity index is 0. The molecule has 4 heteroatoms. The summed E-state index contributed by atoms with van der Waals surface area (Å²) in [6.45, 7) is 0. The van der Waals surface area contributed by atoms with Crippen molar-refractivity contribution in [2.45, 2.75) is 0 Å². The first-order chi connectivity index (χ1) is 1.41. The van der Waals surface area contributed by atoms with E-state index in [2.05, 4.69) is 0 Å². The normalized spacial score (nSPS) is 3.00. The zero-order chi connectivity index (χ0) is 2.71. The number of rotatable bonds is 0. The monoisotopic (exact) mass is 109 g/mol. The van der Waals surface area contributed by atoms with Crippen molar-refractivity contribution in [3.8, 4) is 0 Å². The third kappa shape index (κ3) is 250. The van der Waals surface area contributed by atoms with Gasteiger partial charge in [0.15, 0.2) is 0 Å². The molecule has 0 saturated heterocycles. The fraction of sp³-hybridized carbons (Fsp3) is 0. The Bertz CT molecular complexity index is 13.5. The fourth-order valence-corrected chi connectivity index (χ4v) is 0. The first kappa shape index (κ1) is 9.07. The van der Waals surface area contributed by atoms with E-state index in [9.17, 15) is 0 Å². The molecule has 0 saturated carbocycles. The van der Waals surface area contributed by atoms with Crippen molar-refractivity contribution in [2.75, 3.05) is 0 Å². The van der Waals surface area contributed by atoms with Crippen LogP contribution in [0, 0.1) is 10.1 Å². The third-order valence-electron chi connectivity index (χ3n) is 0. The summed E-state index contributed by atoms with van der Waals surface area (Å²) >= 11 is 0. The van der Waals surface area contributed by atoms with Crippen molar-refractivity contribution in [1.29, 1.82) is 0 Å². The van der Waals surface area contributed by atoms with Gasteiger partial charge < -0.3 is 10.1 Å². The van der Waals surface area contributed by atoms with Crippen LogP contribution in [0.3, 0.4) is 0 Å². The SMILES string of the molecule is O=N[O-].[Cu+2]. The second kappa shape index (κ2) is 12.7. The summed E-state index contributed by atoms with van der Waals surface area (Å²) in [5.41, 5.74) is 0. The van der Waals surface area contributed by atoms with Gasteiger partial charge in [-0.15, -0.1) is 5.34 Å². The Morgan fingerprint density at radius 1 is 1.75 bits per heavy atom. The van der Waals surface area contributed by atoms with Gasteiger partial charge in [0, 0.05) is 0 Å². The molecule has 0 aromatic heterocycles. The minimum Gasteiger partial charge on any atom is -0.444 e. The standard InChI is InChI=1S/Cu.HNO2/c;2-1-3/h;(H,2,3)/q+2;/p-1. The van der Waals surface area contributed by atoms with Gasteiger partial charge in [-0.3, -0.25) is 0 Å². The molecule has 0 N–H and O–H groups in total. The molecule has 27 valence electrons. The largest absolute Gasteiger partial charge is 2.00 e. The minimum atomic E-state index is 0. The number of hydrogen-bond acceptors (Lipinski definition) is 3. The molecule has 0 unspecified atom stereocenters. The van der Waals surface area contributed by atoms with E-state index in [0.717, 1.165) is 5.34 Å². The molecule has 0 aromatic rings. The summed E-state index contributed by atoms with van der Waals surface area (Å²) in [7, 11) is 0. The summed E-state index contributed by atoms with van der Waals surface area (Å²) in [6.07, 6.45) is 0. The predicted octanol–water partition coefficient (Wildman–Crippen LogP) is 0.248. The van der Waals surface area contributed by atoms with Crippen molar-refractivity contribution in [3.05, 3.63) is 10.1 Å². The van der Waals surface area contributed by atoms with E-state index < -0.39 is 0 Å². The molecule has 0 aliphatic heterocycles. The molecule has 0 aromatic carbocycles. The Kier molecular flexibility index (Phi) is 28.8. The zero-order valence-corrected chi connectivity index (χ0v) is 2.51. The molecular formula is CuNO2+. The van der Waals surface area contributed by atoms with Crippen LogP contribution in [0.5, 0.6) is 0 Å². The van der Waals surface area contributed by atoms with Crippen LogP contribution in [0.4, 0.5) is 0 Å². The average molecular weight is 110 g/mol. The minimum absolute atomic E-state index is 0. The average Bonchev–Trinajstić information content (AvgIpc) is 0.918. The Labute approximate surface area is 33.4 Å². The van der Waals surface area contributed by atoms with E-state index in [-0.39, 0.29) is 17.1 Å². The van der Waals surface area contributed by atoms with Crippen LogP contribution in [-0.4, -0.2) is 0 Å². The molecule has 4 heavy (non-hydrogen) atoms. The molecular weight excluding hydrogens is 110 g/mol.